The summed E-state index contributed by atoms with van der Waals surface area (Å²) in [6.07, 6.45) is 3.97. The van der Waals surface area contributed by atoms with Gasteiger partial charge < -0.3 is 4.74 Å². The van der Waals surface area contributed by atoms with Gasteiger partial charge in [-0.15, -0.1) is 0 Å². The van der Waals surface area contributed by atoms with Crippen molar-refractivity contribution in [2.75, 3.05) is 7.11 Å². The molecule has 1 unspecified atom stereocenters. The summed E-state index contributed by atoms with van der Waals surface area (Å²) < 4.78 is 5.14. The molecule has 0 aromatic heterocycles. The molecule has 0 saturated carbocycles. The third kappa shape index (κ3) is 3.74. The molecule has 0 spiro atoms. The van der Waals surface area contributed by atoms with Crippen molar-refractivity contribution >= 4 is 17.4 Å². The first-order valence-electron chi connectivity index (χ1n) is 6.51. The first-order valence-corrected chi connectivity index (χ1v) is 6.89. The van der Waals surface area contributed by atoms with Gasteiger partial charge in [-0.05, 0) is 31.0 Å². The van der Waals surface area contributed by atoms with Crippen LogP contribution in [-0.2, 0) is 0 Å². The van der Waals surface area contributed by atoms with E-state index in [1.807, 2.05) is 6.92 Å². The van der Waals surface area contributed by atoms with Crippen molar-refractivity contribution < 1.29 is 9.53 Å². The van der Waals surface area contributed by atoms with E-state index in [0.717, 1.165) is 25.7 Å². The second-order valence-corrected chi connectivity index (χ2v) is 4.86. The van der Waals surface area contributed by atoms with Gasteiger partial charge in [0.15, 0.2) is 5.78 Å². The first-order chi connectivity index (χ1) is 8.63. The Kier molecular flexibility index (Phi) is 6.20. The lowest BCUT2D eigenvalue weighted by Crippen LogP contribution is -2.14. The number of Topliss-reactive ketones (excluding diaryl/α,β-unsaturated/α-hetero) is 1. The summed E-state index contributed by atoms with van der Waals surface area (Å²) in [6, 6.07) is 5.23. The zero-order valence-electron chi connectivity index (χ0n) is 11.3. The third-order valence-electron chi connectivity index (χ3n) is 3.21. The van der Waals surface area contributed by atoms with Gasteiger partial charge >= 0.3 is 0 Å². The highest BCUT2D eigenvalue weighted by molar-refractivity contribution is 6.34. The predicted molar refractivity (Wildman–Crippen MR) is 75.6 cm³/mol. The smallest absolute Gasteiger partial charge is 0.167 e. The van der Waals surface area contributed by atoms with Gasteiger partial charge in [0, 0.05) is 11.5 Å². The quantitative estimate of drug-likeness (QED) is 0.667. The molecule has 0 N–H and O–H groups in total. The van der Waals surface area contributed by atoms with E-state index in [4.69, 9.17) is 16.3 Å². The average molecular weight is 269 g/mol. The number of carbonyl (C=O) groups is 1. The molecule has 2 nitrogen and oxygen atoms in total. The lowest BCUT2D eigenvalue weighted by Gasteiger charge is -2.14. The summed E-state index contributed by atoms with van der Waals surface area (Å²) in [5.74, 6) is 0.873. The molecule has 1 aromatic carbocycles. The summed E-state index contributed by atoms with van der Waals surface area (Å²) in [5, 5.41) is 0.510. The van der Waals surface area contributed by atoms with E-state index in [0.29, 0.717) is 16.3 Å². The van der Waals surface area contributed by atoms with Crippen LogP contribution in [0.1, 0.15) is 49.9 Å². The number of ether oxygens (including phenoxy) is 1. The number of halogens is 1. The zero-order valence-corrected chi connectivity index (χ0v) is 12.1. The summed E-state index contributed by atoms with van der Waals surface area (Å²) in [4.78, 5) is 12.4. The van der Waals surface area contributed by atoms with E-state index in [2.05, 4.69) is 6.92 Å². The molecular weight excluding hydrogens is 248 g/mol. The Balaban J connectivity index is 2.93. The van der Waals surface area contributed by atoms with E-state index in [-0.39, 0.29) is 11.7 Å². The minimum Gasteiger partial charge on any atom is -0.497 e. The number of ketones is 1. The largest absolute Gasteiger partial charge is 0.497 e. The highest BCUT2D eigenvalue weighted by atomic mass is 35.5. The minimum absolute atomic E-state index is 0.0644. The molecule has 100 valence electrons. The second kappa shape index (κ2) is 7.42. The van der Waals surface area contributed by atoms with Gasteiger partial charge in [-0.25, -0.2) is 0 Å². The van der Waals surface area contributed by atoms with Crippen LogP contribution in [-0.4, -0.2) is 12.9 Å². The molecule has 0 amide bonds. The standard InChI is InChI=1S/C15H21ClO2/c1-4-6-7-11(5-2)15(17)13-10-12(18-3)8-9-14(13)16/h8-11H,4-7H2,1-3H3. The SMILES string of the molecule is CCCCC(CC)C(=O)c1cc(OC)ccc1Cl. The molecular formula is C15H21ClO2. The second-order valence-electron chi connectivity index (χ2n) is 4.46. The Labute approximate surface area is 114 Å². The Hall–Kier alpha value is -1.02. The molecule has 0 heterocycles. The molecule has 0 radical (unpaired) electrons. The van der Waals surface area contributed by atoms with Crippen molar-refractivity contribution in [3.8, 4) is 5.75 Å². The number of carbonyl (C=O) groups excluding carboxylic acids is 1. The topological polar surface area (TPSA) is 26.3 Å². The number of unbranched alkanes of at least 4 members (excludes halogenated alkanes) is 1. The molecule has 0 aliphatic rings. The average Bonchev–Trinajstić information content (AvgIpc) is 2.40. The summed E-state index contributed by atoms with van der Waals surface area (Å²) >= 11 is 6.11. The van der Waals surface area contributed by atoms with Crippen molar-refractivity contribution in [1.82, 2.24) is 0 Å². The van der Waals surface area contributed by atoms with Crippen LogP contribution < -0.4 is 4.74 Å². The van der Waals surface area contributed by atoms with Crippen LogP contribution in [0.2, 0.25) is 5.02 Å². The van der Waals surface area contributed by atoms with Crippen LogP contribution in [0, 0.1) is 5.92 Å². The lowest BCUT2D eigenvalue weighted by molar-refractivity contribution is 0.0908. The highest BCUT2D eigenvalue weighted by Crippen LogP contribution is 2.27. The van der Waals surface area contributed by atoms with Gasteiger partial charge in [0.05, 0.1) is 12.1 Å². The van der Waals surface area contributed by atoms with Crippen LogP contribution in [0.15, 0.2) is 18.2 Å². The van der Waals surface area contributed by atoms with E-state index in [9.17, 15) is 4.79 Å². The van der Waals surface area contributed by atoms with Crippen molar-refractivity contribution in [1.29, 1.82) is 0 Å². The van der Waals surface area contributed by atoms with E-state index in [1.54, 1.807) is 25.3 Å². The zero-order chi connectivity index (χ0) is 13.5. The maximum atomic E-state index is 12.4. The molecule has 0 saturated heterocycles. The normalized spacial score (nSPS) is 12.2. The number of benzene rings is 1. The molecule has 0 aliphatic carbocycles. The lowest BCUT2D eigenvalue weighted by atomic mass is 9.90. The molecule has 1 aromatic rings. The van der Waals surface area contributed by atoms with Gasteiger partial charge in [0.25, 0.3) is 0 Å². The molecule has 1 rings (SSSR count). The predicted octanol–water partition coefficient (Wildman–Crippen LogP) is 4.75. The van der Waals surface area contributed by atoms with Crippen LogP contribution in [0.3, 0.4) is 0 Å². The molecule has 0 aliphatic heterocycles. The number of hydrogen-bond donors (Lipinski definition) is 0. The van der Waals surface area contributed by atoms with Crippen LogP contribution in [0.25, 0.3) is 0 Å². The Morgan fingerprint density at radius 1 is 1.39 bits per heavy atom. The number of methoxy groups -OCH3 is 1. The van der Waals surface area contributed by atoms with Gasteiger partial charge in [-0.2, -0.15) is 0 Å². The Morgan fingerprint density at radius 2 is 2.11 bits per heavy atom. The van der Waals surface area contributed by atoms with Crippen molar-refractivity contribution in [2.24, 2.45) is 5.92 Å². The minimum atomic E-state index is 0.0644. The summed E-state index contributed by atoms with van der Waals surface area (Å²) in [6.45, 7) is 4.18. The highest BCUT2D eigenvalue weighted by Gasteiger charge is 2.20. The van der Waals surface area contributed by atoms with Gasteiger partial charge in [0.2, 0.25) is 0 Å². The van der Waals surface area contributed by atoms with Crippen molar-refractivity contribution in [2.45, 2.75) is 39.5 Å². The first kappa shape index (κ1) is 15.0. The number of hydrogen-bond acceptors (Lipinski definition) is 2. The van der Waals surface area contributed by atoms with Gasteiger partial charge in [-0.1, -0.05) is 38.3 Å². The molecule has 3 heteroatoms. The number of rotatable bonds is 7. The Morgan fingerprint density at radius 3 is 2.67 bits per heavy atom. The fourth-order valence-electron chi connectivity index (χ4n) is 2.01. The van der Waals surface area contributed by atoms with Crippen LogP contribution in [0.4, 0.5) is 0 Å². The van der Waals surface area contributed by atoms with E-state index in [1.165, 1.54) is 0 Å². The molecule has 0 bridgehead atoms. The molecule has 18 heavy (non-hydrogen) atoms. The maximum Gasteiger partial charge on any atom is 0.167 e. The van der Waals surface area contributed by atoms with E-state index >= 15 is 0 Å². The fourth-order valence-corrected chi connectivity index (χ4v) is 2.22. The Bertz CT molecular complexity index is 401. The van der Waals surface area contributed by atoms with E-state index < -0.39 is 0 Å². The van der Waals surface area contributed by atoms with Gasteiger partial charge in [-0.3, -0.25) is 4.79 Å². The third-order valence-corrected chi connectivity index (χ3v) is 3.54. The van der Waals surface area contributed by atoms with Crippen LogP contribution >= 0.6 is 11.6 Å². The monoisotopic (exact) mass is 268 g/mol. The molecule has 0 fully saturated rings. The fraction of sp³-hybridized carbons (Fsp3) is 0.533. The van der Waals surface area contributed by atoms with Crippen molar-refractivity contribution in [3.63, 3.8) is 0 Å². The maximum absolute atomic E-state index is 12.4. The van der Waals surface area contributed by atoms with Crippen LogP contribution in [0.5, 0.6) is 5.75 Å². The summed E-state index contributed by atoms with van der Waals surface area (Å²) in [5.41, 5.74) is 0.582. The molecule has 1 atom stereocenters. The summed E-state index contributed by atoms with van der Waals surface area (Å²) in [7, 11) is 1.59. The van der Waals surface area contributed by atoms with Crippen molar-refractivity contribution in [3.05, 3.63) is 28.8 Å². The van der Waals surface area contributed by atoms with Gasteiger partial charge in [0.1, 0.15) is 5.75 Å².